The minimum Gasteiger partial charge on any atom is -0.479 e. The van der Waals surface area contributed by atoms with Crippen LogP contribution < -0.4 is 10.1 Å². The van der Waals surface area contributed by atoms with Gasteiger partial charge in [0.25, 0.3) is 5.91 Å². The molecule has 0 heterocycles. The van der Waals surface area contributed by atoms with E-state index in [0.717, 1.165) is 17.7 Å². The van der Waals surface area contributed by atoms with Gasteiger partial charge >= 0.3 is 0 Å². The molecule has 6 nitrogen and oxygen atoms in total. The van der Waals surface area contributed by atoms with Crippen molar-refractivity contribution in [3.8, 4) is 11.8 Å². The van der Waals surface area contributed by atoms with Crippen LogP contribution in [0.5, 0.6) is 5.75 Å². The average molecular weight is 438 g/mol. The van der Waals surface area contributed by atoms with Gasteiger partial charge in [0, 0.05) is 29.7 Å². The number of nitrogens with one attached hydrogen (secondary N) is 1. The third-order valence-electron chi connectivity index (χ3n) is 5.39. The number of thioether (sulfide) groups is 1. The molecule has 0 saturated heterocycles. The molecule has 0 radical (unpaired) electrons. The first-order valence-electron chi connectivity index (χ1n) is 10.5. The quantitative estimate of drug-likeness (QED) is 0.604. The Kier molecular flexibility index (Phi) is 8.36. The number of anilines is 1. The van der Waals surface area contributed by atoms with E-state index in [-0.39, 0.29) is 18.4 Å². The second kappa shape index (κ2) is 11.4. The molecule has 1 N–H and O–H groups in total. The summed E-state index contributed by atoms with van der Waals surface area (Å²) in [5, 5.41) is 11.5. The maximum absolute atomic E-state index is 12.9. The third-order valence-corrected chi connectivity index (χ3v) is 6.45. The molecule has 7 heteroatoms. The molecule has 0 spiro atoms. The second-order valence-electron chi connectivity index (χ2n) is 7.51. The minimum atomic E-state index is -0.256. The predicted octanol–water partition coefficient (Wildman–Crippen LogP) is 4.72. The Morgan fingerprint density at radius 1 is 1.16 bits per heavy atom. The molecule has 2 aromatic rings. The third kappa shape index (κ3) is 6.50. The summed E-state index contributed by atoms with van der Waals surface area (Å²) >= 11 is 1.39. The van der Waals surface area contributed by atoms with Crippen LogP contribution in [-0.2, 0) is 4.79 Å². The summed E-state index contributed by atoms with van der Waals surface area (Å²) in [5.41, 5.74) is 1.09. The van der Waals surface area contributed by atoms with Crippen LogP contribution in [0, 0.1) is 11.3 Å². The number of amides is 2. The molecule has 0 aliphatic heterocycles. The molecule has 2 amide bonds. The normalized spacial score (nSPS) is 13.8. The van der Waals surface area contributed by atoms with Gasteiger partial charge in [-0.2, -0.15) is 5.26 Å². The molecular weight excluding hydrogens is 410 g/mol. The summed E-state index contributed by atoms with van der Waals surface area (Å²) in [7, 11) is 1.89. The fourth-order valence-corrected chi connectivity index (χ4v) is 4.64. The van der Waals surface area contributed by atoms with Crippen molar-refractivity contribution < 1.29 is 14.3 Å². The number of carbonyl (C=O) groups excluding carboxylic acids is 2. The van der Waals surface area contributed by atoms with Gasteiger partial charge in [0.1, 0.15) is 11.8 Å². The van der Waals surface area contributed by atoms with Gasteiger partial charge in [0.2, 0.25) is 5.91 Å². The monoisotopic (exact) mass is 437 g/mol. The van der Waals surface area contributed by atoms with Crippen molar-refractivity contribution in [1.29, 1.82) is 5.26 Å². The number of rotatable bonds is 8. The van der Waals surface area contributed by atoms with E-state index in [1.54, 1.807) is 36.4 Å². The summed E-state index contributed by atoms with van der Waals surface area (Å²) in [5.74, 6) is 0.649. The van der Waals surface area contributed by atoms with Gasteiger partial charge in [0.15, 0.2) is 6.61 Å². The van der Waals surface area contributed by atoms with E-state index in [0.29, 0.717) is 28.8 Å². The largest absolute Gasteiger partial charge is 0.479 e. The van der Waals surface area contributed by atoms with Gasteiger partial charge < -0.3 is 15.0 Å². The lowest BCUT2D eigenvalue weighted by atomic mass is 9.94. The highest BCUT2D eigenvalue weighted by Crippen LogP contribution is 2.27. The summed E-state index contributed by atoms with van der Waals surface area (Å²) in [4.78, 5) is 28.2. The number of hydrogen-bond donors (Lipinski definition) is 1. The van der Waals surface area contributed by atoms with E-state index in [2.05, 4.69) is 5.32 Å². The lowest BCUT2D eigenvalue weighted by Gasteiger charge is -2.31. The van der Waals surface area contributed by atoms with E-state index in [1.807, 2.05) is 30.1 Å². The fourth-order valence-electron chi connectivity index (χ4n) is 3.67. The maximum Gasteiger partial charge on any atom is 0.256 e. The van der Waals surface area contributed by atoms with Crippen molar-refractivity contribution in [2.45, 2.75) is 43.0 Å². The molecule has 1 aliphatic rings. The molecule has 0 unspecified atom stereocenters. The molecule has 1 aliphatic carbocycles. The van der Waals surface area contributed by atoms with E-state index in [4.69, 9.17) is 10.00 Å². The zero-order valence-corrected chi connectivity index (χ0v) is 18.5. The van der Waals surface area contributed by atoms with Crippen LogP contribution >= 0.6 is 11.8 Å². The maximum atomic E-state index is 12.9. The van der Waals surface area contributed by atoms with Crippen molar-refractivity contribution in [3.63, 3.8) is 0 Å². The summed E-state index contributed by atoms with van der Waals surface area (Å²) in [6.07, 6.45) is 5.76. The molecule has 1 saturated carbocycles. The van der Waals surface area contributed by atoms with Crippen LogP contribution in [0.2, 0.25) is 0 Å². The van der Waals surface area contributed by atoms with Crippen LogP contribution in [0.4, 0.5) is 5.69 Å². The van der Waals surface area contributed by atoms with Crippen molar-refractivity contribution >= 4 is 29.3 Å². The van der Waals surface area contributed by atoms with Crippen LogP contribution in [-0.4, -0.2) is 42.2 Å². The highest BCUT2D eigenvalue weighted by atomic mass is 32.2. The van der Waals surface area contributed by atoms with Gasteiger partial charge in [-0.1, -0.05) is 37.5 Å². The molecule has 1 fully saturated rings. The zero-order chi connectivity index (χ0) is 22.1. The van der Waals surface area contributed by atoms with Crippen molar-refractivity contribution in [3.05, 3.63) is 54.1 Å². The Morgan fingerprint density at radius 3 is 2.71 bits per heavy atom. The summed E-state index contributed by atoms with van der Waals surface area (Å²) < 4.78 is 5.29. The molecule has 0 aromatic heterocycles. The van der Waals surface area contributed by atoms with Crippen LogP contribution in [0.15, 0.2) is 53.4 Å². The van der Waals surface area contributed by atoms with Crippen LogP contribution in [0.3, 0.4) is 0 Å². The lowest BCUT2D eigenvalue weighted by molar-refractivity contribution is -0.129. The average Bonchev–Trinajstić information content (AvgIpc) is 2.81. The van der Waals surface area contributed by atoms with Gasteiger partial charge in [-0.25, -0.2) is 0 Å². The Hall–Kier alpha value is -2.98. The molecule has 0 atom stereocenters. The first-order chi connectivity index (χ1) is 15.1. The number of nitrogens with zero attached hydrogens (tertiary/aromatic N) is 2. The highest BCUT2D eigenvalue weighted by Gasteiger charge is 2.22. The van der Waals surface area contributed by atoms with Crippen LogP contribution in [0.1, 0.15) is 42.5 Å². The van der Waals surface area contributed by atoms with E-state index in [1.165, 1.54) is 31.0 Å². The summed E-state index contributed by atoms with van der Waals surface area (Å²) in [6.45, 7) is -0.0554. The van der Waals surface area contributed by atoms with E-state index < -0.39 is 0 Å². The first-order valence-corrected chi connectivity index (χ1v) is 11.5. The molecule has 162 valence electrons. The Labute approximate surface area is 187 Å². The number of benzene rings is 2. The molecule has 2 aromatic carbocycles. The van der Waals surface area contributed by atoms with Gasteiger partial charge in [-0.15, -0.1) is 11.8 Å². The predicted molar refractivity (Wildman–Crippen MR) is 122 cm³/mol. The number of carbonyl (C=O) groups is 2. The lowest BCUT2D eigenvalue weighted by Crippen LogP contribution is -2.39. The SMILES string of the molecule is CN(C(=O)CSc1ccccc1C(=O)Nc1cccc(OCC#N)c1)C1CCCCC1. The summed E-state index contributed by atoms with van der Waals surface area (Å²) in [6, 6.07) is 16.4. The molecule has 0 bridgehead atoms. The molecule has 3 rings (SSSR count). The van der Waals surface area contributed by atoms with Gasteiger partial charge in [0.05, 0.1) is 11.3 Å². The Bertz CT molecular complexity index is 951. The molecular formula is C24H27N3O3S. The van der Waals surface area contributed by atoms with Gasteiger partial charge in [-0.05, 0) is 37.1 Å². The Balaban J connectivity index is 1.62. The van der Waals surface area contributed by atoms with Crippen molar-refractivity contribution in [1.82, 2.24) is 4.90 Å². The van der Waals surface area contributed by atoms with Crippen LogP contribution in [0.25, 0.3) is 0 Å². The van der Waals surface area contributed by atoms with Crippen molar-refractivity contribution in [2.75, 3.05) is 24.7 Å². The Morgan fingerprint density at radius 2 is 1.94 bits per heavy atom. The first kappa shape index (κ1) is 22.7. The zero-order valence-electron chi connectivity index (χ0n) is 17.7. The molecule has 31 heavy (non-hydrogen) atoms. The number of hydrogen-bond acceptors (Lipinski definition) is 5. The van der Waals surface area contributed by atoms with E-state index >= 15 is 0 Å². The standard InChI is InChI=1S/C24H27N3O3S/c1-27(19-9-3-2-4-10-19)23(28)17-31-22-13-6-5-12-21(22)24(29)26-18-8-7-11-20(16-18)30-15-14-25/h5-8,11-13,16,19H,2-4,9-10,15,17H2,1H3,(H,26,29). The van der Waals surface area contributed by atoms with Crippen molar-refractivity contribution in [2.24, 2.45) is 0 Å². The smallest absolute Gasteiger partial charge is 0.256 e. The highest BCUT2D eigenvalue weighted by molar-refractivity contribution is 8.00. The number of nitriles is 1. The topological polar surface area (TPSA) is 82.4 Å². The fraction of sp³-hybridized carbons (Fsp3) is 0.375. The van der Waals surface area contributed by atoms with E-state index in [9.17, 15) is 9.59 Å². The number of ether oxygens (including phenoxy) is 1. The van der Waals surface area contributed by atoms with Gasteiger partial charge in [-0.3, -0.25) is 9.59 Å². The second-order valence-corrected chi connectivity index (χ2v) is 8.53. The minimum absolute atomic E-state index is 0.0554.